The summed E-state index contributed by atoms with van der Waals surface area (Å²) in [5.74, 6) is 0.245. The van der Waals surface area contributed by atoms with Crippen LogP contribution in [-0.2, 0) is 0 Å². The number of hydrogen-bond donors (Lipinski definition) is 1. The molecule has 3 rings (SSSR count). The third kappa shape index (κ3) is 2.84. The van der Waals surface area contributed by atoms with Gasteiger partial charge in [0.05, 0.1) is 0 Å². The van der Waals surface area contributed by atoms with Gasteiger partial charge < -0.3 is 9.73 Å². The first-order valence-corrected chi connectivity index (χ1v) is 7.40. The van der Waals surface area contributed by atoms with Crippen molar-refractivity contribution in [1.29, 1.82) is 0 Å². The number of aryl methyl sites for hydroxylation is 1. The van der Waals surface area contributed by atoms with Gasteiger partial charge in [0, 0.05) is 17.8 Å². The molecule has 106 valence electrons. The van der Waals surface area contributed by atoms with Gasteiger partial charge in [0.25, 0.3) is 5.91 Å². The van der Waals surface area contributed by atoms with Crippen LogP contribution < -0.4 is 5.32 Å². The van der Waals surface area contributed by atoms with Crippen LogP contribution in [0.5, 0.6) is 0 Å². The maximum atomic E-state index is 12.2. The number of rotatable bonds is 2. The van der Waals surface area contributed by atoms with Crippen LogP contribution in [0.25, 0.3) is 11.1 Å². The SMILES string of the molecule is Cc1ccc2oc(C(=O)NC3CCCCCC3)cc2n1. The molecule has 0 saturated heterocycles. The average Bonchev–Trinajstić information content (AvgIpc) is 2.68. The van der Waals surface area contributed by atoms with Crippen molar-refractivity contribution in [2.45, 2.75) is 51.5 Å². The Hall–Kier alpha value is -1.84. The normalized spacial score (nSPS) is 17.1. The van der Waals surface area contributed by atoms with Crippen LogP contribution in [-0.4, -0.2) is 16.9 Å². The topological polar surface area (TPSA) is 55.1 Å². The molecule has 0 aromatic carbocycles. The highest BCUT2D eigenvalue weighted by atomic mass is 16.3. The number of carbonyl (C=O) groups is 1. The fourth-order valence-corrected chi connectivity index (χ4v) is 2.82. The van der Waals surface area contributed by atoms with E-state index in [-0.39, 0.29) is 11.9 Å². The van der Waals surface area contributed by atoms with Crippen LogP contribution in [0.1, 0.15) is 54.8 Å². The summed E-state index contributed by atoms with van der Waals surface area (Å²) >= 11 is 0. The van der Waals surface area contributed by atoms with Gasteiger partial charge in [0.1, 0.15) is 5.52 Å². The first-order chi connectivity index (χ1) is 9.72. The largest absolute Gasteiger partial charge is 0.449 e. The van der Waals surface area contributed by atoms with Crippen molar-refractivity contribution >= 4 is 17.0 Å². The molecule has 1 N–H and O–H groups in total. The summed E-state index contributed by atoms with van der Waals surface area (Å²) in [6.07, 6.45) is 7.10. The van der Waals surface area contributed by atoms with Gasteiger partial charge in [0.15, 0.2) is 11.3 Å². The molecule has 1 saturated carbocycles. The van der Waals surface area contributed by atoms with Gasteiger partial charge in [-0.3, -0.25) is 4.79 Å². The molecule has 0 radical (unpaired) electrons. The van der Waals surface area contributed by atoms with E-state index in [2.05, 4.69) is 10.3 Å². The first-order valence-electron chi connectivity index (χ1n) is 7.40. The number of nitrogens with zero attached hydrogens (tertiary/aromatic N) is 1. The summed E-state index contributed by atoms with van der Waals surface area (Å²) in [6.45, 7) is 1.93. The van der Waals surface area contributed by atoms with E-state index in [1.807, 2.05) is 19.1 Å². The standard InChI is InChI=1S/C16H20N2O2/c1-11-8-9-14-13(17-11)10-15(20-14)16(19)18-12-6-4-2-3-5-7-12/h8-10,12H,2-7H2,1H3,(H,18,19). The van der Waals surface area contributed by atoms with E-state index in [0.717, 1.165) is 24.1 Å². The lowest BCUT2D eigenvalue weighted by atomic mass is 10.1. The molecule has 0 aliphatic heterocycles. The molecule has 4 nitrogen and oxygen atoms in total. The Morgan fingerprint density at radius 2 is 2.00 bits per heavy atom. The van der Waals surface area contributed by atoms with Crippen LogP contribution in [0.2, 0.25) is 0 Å². The van der Waals surface area contributed by atoms with Gasteiger partial charge in [-0.25, -0.2) is 4.98 Å². The van der Waals surface area contributed by atoms with E-state index in [4.69, 9.17) is 4.42 Å². The Bertz CT molecular complexity index is 610. The van der Waals surface area contributed by atoms with Crippen LogP contribution >= 0.6 is 0 Å². The highest BCUT2D eigenvalue weighted by Gasteiger charge is 2.18. The Labute approximate surface area is 118 Å². The minimum atomic E-state index is -0.118. The van der Waals surface area contributed by atoms with Gasteiger partial charge in [-0.1, -0.05) is 25.7 Å². The monoisotopic (exact) mass is 272 g/mol. The van der Waals surface area contributed by atoms with E-state index in [0.29, 0.717) is 11.3 Å². The third-order valence-electron chi connectivity index (χ3n) is 3.93. The second-order valence-corrected chi connectivity index (χ2v) is 5.61. The van der Waals surface area contributed by atoms with E-state index >= 15 is 0 Å². The summed E-state index contributed by atoms with van der Waals surface area (Å²) in [5, 5.41) is 3.09. The zero-order valence-corrected chi connectivity index (χ0v) is 11.8. The average molecular weight is 272 g/mol. The van der Waals surface area contributed by atoms with E-state index in [1.54, 1.807) is 6.07 Å². The van der Waals surface area contributed by atoms with Crippen LogP contribution in [0.3, 0.4) is 0 Å². The number of aromatic nitrogens is 1. The minimum absolute atomic E-state index is 0.118. The van der Waals surface area contributed by atoms with Gasteiger partial charge in [0.2, 0.25) is 0 Å². The highest BCUT2D eigenvalue weighted by molar-refractivity contribution is 5.95. The smallest absolute Gasteiger partial charge is 0.287 e. The van der Waals surface area contributed by atoms with Crippen molar-refractivity contribution in [2.75, 3.05) is 0 Å². The lowest BCUT2D eigenvalue weighted by molar-refractivity contribution is 0.0907. The molecular weight excluding hydrogens is 252 g/mol. The molecule has 0 spiro atoms. The zero-order chi connectivity index (χ0) is 13.9. The predicted molar refractivity (Wildman–Crippen MR) is 77.7 cm³/mol. The second-order valence-electron chi connectivity index (χ2n) is 5.61. The number of fused-ring (bicyclic) bond motifs is 1. The first kappa shape index (κ1) is 13.2. The van der Waals surface area contributed by atoms with Crippen LogP contribution in [0, 0.1) is 6.92 Å². The van der Waals surface area contributed by atoms with Crippen molar-refractivity contribution in [2.24, 2.45) is 0 Å². The zero-order valence-electron chi connectivity index (χ0n) is 11.8. The van der Waals surface area contributed by atoms with Crippen LogP contribution in [0.15, 0.2) is 22.6 Å². The summed E-state index contributed by atoms with van der Waals surface area (Å²) in [4.78, 5) is 16.6. The highest BCUT2D eigenvalue weighted by Crippen LogP contribution is 2.20. The maximum absolute atomic E-state index is 12.2. The van der Waals surface area contributed by atoms with Crippen molar-refractivity contribution in [3.8, 4) is 0 Å². The van der Waals surface area contributed by atoms with E-state index in [1.165, 1.54) is 25.7 Å². The summed E-state index contributed by atoms with van der Waals surface area (Å²) in [6, 6.07) is 5.76. The molecule has 2 heterocycles. The van der Waals surface area contributed by atoms with Crippen molar-refractivity contribution < 1.29 is 9.21 Å². The molecule has 0 atom stereocenters. The maximum Gasteiger partial charge on any atom is 0.287 e. The summed E-state index contributed by atoms with van der Waals surface area (Å²) in [7, 11) is 0. The Balaban J connectivity index is 1.74. The second kappa shape index (κ2) is 5.65. The van der Waals surface area contributed by atoms with Crippen LogP contribution in [0.4, 0.5) is 0 Å². The Kier molecular flexibility index (Phi) is 3.72. The molecule has 0 bridgehead atoms. The number of pyridine rings is 1. The number of nitrogens with one attached hydrogen (secondary N) is 1. The summed E-state index contributed by atoms with van der Waals surface area (Å²) in [5.41, 5.74) is 2.34. The van der Waals surface area contributed by atoms with Crippen molar-refractivity contribution in [3.05, 3.63) is 29.7 Å². The molecule has 1 fully saturated rings. The van der Waals surface area contributed by atoms with Crippen molar-refractivity contribution in [1.82, 2.24) is 10.3 Å². The Morgan fingerprint density at radius 1 is 1.25 bits per heavy atom. The van der Waals surface area contributed by atoms with Gasteiger partial charge in [-0.05, 0) is 31.9 Å². The lowest BCUT2D eigenvalue weighted by Gasteiger charge is -2.14. The third-order valence-corrected chi connectivity index (χ3v) is 3.93. The molecular formula is C16H20N2O2. The minimum Gasteiger partial charge on any atom is -0.449 e. The van der Waals surface area contributed by atoms with Gasteiger partial charge in [-0.15, -0.1) is 0 Å². The van der Waals surface area contributed by atoms with E-state index < -0.39 is 0 Å². The Morgan fingerprint density at radius 3 is 2.75 bits per heavy atom. The van der Waals surface area contributed by atoms with Crippen molar-refractivity contribution in [3.63, 3.8) is 0 Å². The molecule has 1 aliphatic carbocycles. The van der Waals surface area contributed by atoms with Gasteiger partial charge >= 0.3 is 0 Å². The number of amides is 1. The lowest BCUT2D eigenvalue weighted by Crippen LogP contribution is -2.34. The van der Waals surface area contributed by atoms with Gasteiger partial charge in [-0.2, -0.15) is 0 Å². The number of hydrogen-bond acceptors (Lipinski definition) is 3. The molecule has 2 aromatic heterocycles. The molecule has 1 amide bonds. The quantitative estimate of drug-likeness (QED) is 0.850. The molecule has 0 unspecified atom stereocenters. The van der Waals surface area contributed by atoms with E-state index in [9.17, 15) is 4.79 Å². The summed E-state index contributed by atoms with van der Waals surface area (Å²) < 4.78 is 5.58. The molecule has 20 heavy (non-hydrogen) atoms. The predicted octanol–water partition coefficient (Wildman–Crippen LogP) is 3.59. The fourth-order valence-electron chi connectivity index (χ4n) is 2.82. The number of carbonyl (C=O) groups excluding carboxylic acids is 1. The fraction of sp³-hybridized carbons (Fsp3) is 0.500. The molecule has 4 heteroatoms. The molecule has 1 aliphatic rings. The number of furan rings is 1. The molecule has 2 aromatic rings.